The maximum Gasteiger partial charge on any atom is 0.0547 e. The Morgan fingerprint density at radius 3 is 1.67 bits per heavy atom. The molecule has 11 aromatic carbocycles. The summed E-state index contributed by atoms with van der Waals surface area (Å²) < 4.78 is 2.41. The highest BCUT2D eigenvalue weighted by Crippen LogP contribution is 2.43. The van der Waals surface area contributed by atoms with E-state index in [4.69, 9.17) is 0 Å². The second-order valence-corrected chi connectivity index (χ2v) is 15.7. The first kappa shape index (κ1) is 34.1. The normalized spacial score (nSPS) is 11.7. The van der Waals surface area contributed by atoms with Gasteiger partial charge in [-0.2, -0.15) is 0 Å². The van der Waals surface area contributed by atoms with Gasteiger partial charge in [-0.1, -0.05) is 164 Å². The third-order valence-corrected chi connectivity index (χ3v) is 12.3. The molecule has 60 heavy (non-hydrogen) atoms. The molecule has 0 spiro atoms. The monoisotopic (exact) mass is 762 g/mol. The van der Waals surface area contributed by atoms with Crippen molar-refractivity contribution in [3.05, 3.63) is 231 Å². The van der Waals surface area contributed by atoms with Crippen LogP contribution in [0.5, 0.6) is 0 Å². The van der Waals surface area contributed by atoms with Crippen LogP contribution >= 0.6 is 0 Å². The number of benzene rings is 11. The van der Waals surface area contributed by atoms with Crippen LogP contribution in [0.4, 0.5) is 17.1 Å². The summed E-state index contributed by atoms with van der Waals surface area (Å²) in [6.45, 7) is 0. The highest BCUT2D eigenvalue weighted by Gasteiger charge is 2.19. The molecule has 0 aliphatic heterocycles. The zero-order chi connectivity index (χ0) is 39.6. The Kier molecular flexibility index (Phi) is 7.89. The molecule has 0 N–H and O–H groups in total. The van der Waals surface area contributed by atoms with Crippen LogP contribution in [0.1, 0.15) is 0 Å². The number of rotatable bonds is 6. The standard InChI is InChI=1S/C58H38N2/c1-3-13-39(14-4-1)54-38-49(59(46-18-5-2-6-19-46)48-32-34-52-45(35-48)26-25-42-24-23-40-15-9-10-20-51(40)58(42)52)31-33-50(54)41-27-29-47(30-28-41)60-56-22-12-11-21-53(56)55-36-43-16-7-8-17-44(43)37-57(55)60/h1-38H. The third kappa shape index (κ3) is 5.57. The molecule has 0 aliphatic carbocycles. The quantitative estimate of drug-likeness (QED) is 0.153. The number of para-hydroxylation sites is 2. The van der Waals surface area contributed by atoms with Crippen molar-refractivity contribution in [3.8, 4) is 27.9 Å². The van der Waals surface area contributed by atoms with Crippen LogP contribution in [0.15, 0.2) is 231 Å². The topological polar surface area (TPSA) is 8.17 Å². The number of anilines is 3. The van der Waals surface area contributed by atoms with Crippen molar-refractivity contribution in [1.82, 2.24) is 4.57 Å². The van der Waals surface area contributed by atoms with Gasteiger partial charge in [0, 0.05) is 33.5 Å². The Morgan fingerprint density at radius 1 is 0.283 bits per heavy atom. The molecule has 0 atom stereocenters. The minimum atomic E-state index is 1.10. The van der Waals surface area contributed by atoms with Crippen molar-refractivity contribution in [3.63, 3.8) is 0 Å². The summed E-state index contributed by atoms with van der Waals surface area (Å²) in [6.07, 6.45) is 0. The van der Waals surface area contributed by atoms with E-state index in [9.17, 15) is 0 Å². The third-order valence-electron chi connectivity index (χ3n) is 12.3. The molecule has 0 fully saturated rings. The summed E-state index contributed by atoms with van der Waals surface area (Å²) >= 11 is 0. The first-order chi connectivity index (χ1) is 29.7. The van der Waals surface area contributed by atoms with Crippen LogP contribution in [0, 0.1) is 0 Å². The largest absolute Gasteiger partial charge is 0.310 e. The van der Waals surface area contributed by atoms with Gasteiger partial charge in [-0.25, -0.2) is 0 Å². The molecule has 12 rings (SSSR count). The maximum absolute atomic E-state index is 2.41. The molecule has 280 valence electrons. The molecule has 2 nitrogen and oxygen atoms in total. The molecule has 0 saturated heterocycles. The Bertz CT molecular complexity index is 3580. The molecule has 0 aliphatic rings. The van der Waals surface area contributed by atoms with Gasteiger partial charge in [0.15, 0.2) is 0 Å². The predicted octanol–water partition coefficient (Wildman–Crippen LogP) is 16.2. The first-order valence-electron chi connectivity index (χ1n) is 20.7. The van der Waals surface area contributed by atoms with E-state index in [1.54, 1.807) is 0 Å². The minimum absolute atomic E-state index is 1.10. The fourth-order valence-electron chi connectivity index (χ4n) is 9.49. The lowest BCUT2D eigenvalue weighted by Gasteiger charge is -2.27. The summed E-state index contributed by atoms with van der Waals surface area (Å²) in [4.78, 5) is 2.39. The Hall–Kier alpha value is -7.94. The Morgan fingerprint density at radius 2 is 0.867 bits per heavy atom. The van der Waals surface area contributed by atoms with E-state index in [2.05, 4.69) is 240 Å². The van der Waals surface area contributed by atoms with Gasteiger partial charge in [0.25, 0.3) is 0 Å². The fraction of sp³-hybridized carbons (Fsp3) is 0. The summed E-state index contributed by atoms with van der Waals surface area (Å²) in [7, 11) is 0. The van der Waals surface area contributed by atoms with Gasteiger partial charge in [-0.3, -0.25) is 0 Å². The van der Waals surface area contributed by atoms with Crippen molar-refractivity contribution in [2.45, 2.75) is 0 Å². The van der Waals surface area contributed by atoms with Gasteiger partial charge in [-0.15, -0.1) is 0 Å². The van der Waals surface area contributed by atoms with E-state index in [0.29, 0.717) is 0 Å². The van der Waals surface area contributed by atoms with Crippen molar-refractivity contribution in [1.29, 1.82) is 0 Å². The summed E-state index contributed by atoms with van der Waals surface area (Å²) in [5.74, 6) is 0. The number of aromatic nitrogens is 1. The van der Waals surface area contributed by atoms with Crippen LogP contribution < -0.4 is 4.90 Å². The lowest BCUT2D eigenvalue weighted by atomic mass is 9.93. The number of fused-ring (bicyclic) bond motifs is 9. The number of hydrogen-bond acceptors (Lipinski definition) is 1. The van der Waals surface area contributed by atoms with E-state index in [1.165, 1.54) is 87.1 Å². The molecule has 0 radical (unpaired) electrons. The van der Waals surface area contributed by atoms with Gasteiger partial charge >= 0.3 is 0 Å². The SMILES string of the molecule is c1ccc(-c2cc(N(c3ccccc3)c3ccc4c(ccc5ccc6ccccc6c54)c3)ccc2-c2ccc(-n3c4ccccc4c4cc5ccccc5cc43)cc2)cc1. The predicted molar refractivity (Wildman–Crippen MR) is 256 cm³/mol. The first-order valence-corrected chi connectivity index (χ1v) is 20.7. The Balaban J connectivity index is 0.997. The summed E-state index contributed by atoms with van der Waals surface area (Å²) in [5.41, 5.74) is 11.6. The van der Waals surface area contributed by atoms with E-state index >= 15 is 0 Å². The van der Waals surface area contributed by atoms with Gasteiger partial charge in [-0.05, 0) is 132 Å². The maximum atomic E-state index is 2.41. The van der Waals surface area contributed by atoms with Gasteiger partial charge < -0.3 is 9.47 Å². The molecular formula is C58H38N2. The molecule has 1 aromatic heterocycles. The molecule has 0 amide bonds. The lowest BCUT2D eigenvalue weighted by Crippen LogP contribution is -2.10. The zero-order valence-corrected chi connectivity index (χ0v) is 32.8. The van der Waals surface area contributed by atoms with E-state index in [0.717, 1.165) is 22.7 Å². The second kappa shape index (κ2) is 13.9. The smallest absolute Gasteiger partial charge is 0.0547 e. The lowest BCUT2D eigenvalue weighted by molar-refractivity contribution is 1.18. The van der Waals surface area contributed by atoms with Crippen LogP contribution in [0.3, 0.4) is 0 Å². The van der Waals surface area contributed by atoms with E-state index in [1.807, 2.05) is 0 Å². The van der Waals surface area contributed by atoms with Crippen LogP contribution in [0.2, 0.25) is 0 Å². The van der Waals surface area contributed by atoms with Crippen LogP contribution in [0.25, 0.3) is 92.8 Å². The molecule has 2 heteroatoms. The van der Waals surface area contributed by atoms with Crippen molar-refractivity contribution in [2.24, 2.45) is 0 Å². The molecule has 1 heterocycles. The molecule has 0 unspecified atom stereocenters. The highest BCUT2D eigenvalue weighted by atomic mass is 15.1. The summed E-state index contributed by atoms with van der Waals surface area (Å²) in [5, 5.41) is 12.6. The number of nitrogens with zero attached hydrogens (tertiary/aromatic N) is 2. The highest BCUT2D eigenvalue weighted by molar-refractivity contribution is 6.20. The van der Waals surface area contributed by atoms with Crippen LogP contribution in [-0.2, 0) is 0 Å². The zero-order valence-electron chi connectivity index (χ0n) is 32.8. The van der Waals surface area contributed by atoms with E-state index < -0.39 is 0 Å². The van der Waals surface area contributed by atoms with Gasteiger partial charge in [0.05, 0.1) is 11.0 Å². The van der Waals surface area contributed by atoms with Crippen molar-refractivity contribution in [2.75, 3.05) is 4.90 Å². The van der Waals surface area contributed by atoms with Gasteiger partial charge in [0.2, 0.25) is 0 Å². The average molecular weight is 763 g/mol. The summed E-state index contributed by atoms with van der Waals surface area (Å²) in [6, 6.07) is 84.3. The molecular weight excluding hydrogens is 725 g/mol. The van der Waals surface area contributed by atoms with E-state index in [-0.39, 0.29) is 0 Å². The van der Waals surface area contributed by atoms with Crippen molar-refractivity contribution >= 4 is 82.0 Å². The molecule has 0 bridgehead atoms. The van der Waals surface area contributed by atoms with Crippen LogP contribution in [-0.4, -0.2) is 4.57 Å². The average Bonchev–Trinajstić information content (AvgIpc) is 3.64. The minimum Gasteiger partial charge on any atom is -0.310 e. The number of hydrogen-bond donors (Lipinski definition) is 0. The second-order valence-electron chi connectivity index (χ2n) is 15.7. The fourth-order valence-corrected chi connectivity index (χ4v) is 9.49. The molecule has 12 aromatic rings. The Labute approximate surface area is 348 Å². The van der Waals surface area contributed by atoms with Gasteiger partial charge in [0.1, 0.15) is 0 Å². The molecule has 0 saturated carbocycles. The van der Waals surface area contributed by atoms with Crippen molar-refractivity contribution < 1.29 is 0 Å².